The molecule has 0 heterocycles. The Labute approximate surface area is 119 Å². The van der Waals surface area contributed by atoms with Crippen LogP contribution in [0, 0.1) is 0 Å². The smallest absolute Gasteiger partial charge is 0.313 e. The van der Waals surface area contributed by atoms with E-state index in [4.69, 9.17) is 4.74 Å². The number of methoxy groups -OCH3 is 1. The average molecular weight is 266 g/mol. The van der Waals surface area contributed by atoms with Crippen molar-refractivity contribution in [3.05, 3.63) is 71.3 Å². The van der Waals surface area contributed by atoms with Gasteiger partial charge in [-0.15, -0.1) is 0 Å². The maximum atomic E-state index is 12.3. The van der Waals surface area contributed by atoms with Gasteiger partial charge in [-0.25, -0.2) is 0 Å². The van der Waals surface area contributed by atoms with E-state index in [0.717, 1.165) is 18.4 Å². The van der Waals surface area contributed by atoms with E-state index >= 15 is 0 Å². The molecule has 0 aromatic heterocycles. The molecule has 0 saturated heterocycles. The van der Waals surface area contributed by atoms with E-state index in [-0.39, 0.29) is 17.8 Å². The Morgan fingerprint density at radius 3 is 2.50 bits per heavy atom. The van der Waals surface area contributed by atoms with Crippen molar-refractivity contribution in [2.75, 3.05) is 7.11 Å². The standard InChI is InChI=1S/C18H18O2/c1-20-18(19)17-15-10-6-5-9-14(15)11-12-16(17)13-7-3-2-4-8-13/h2-10,16-17H,11-12H2,1H3/t16-,17+/m1/s1. The zero-order valence-electron chi connectivity index (χ0n) is 11.6. The van der Waals surface area contributed by atoms with E-state index in [1.807, 2.05) is 30.3 Å². The number of esters is 1. The molecule has 0 spiro atoms. The van der Waals surface area contributed by atoms with E-state index < -0.39 is 0 Å². The molecule has 2 aromatic carbocycles. The predicted octanol–water partition coefficient (Wildman–Crippen LogP) is 3.67. The van der Waals surface area contributed by atoms with E-state index in [1.165, 1.54) is 18.2 Å². The lowest BCUT2D eigenvalue weighted by Gasteiger charge is -2.32. The van der Waals surface area contributed by atoms with Crippen molar-refractivity contribution in [2.24, 2.45) is 0 Å². The SMILES string of the molecule is COC(=O)[C@H]1c2ccccc2CC[C@@H]1c1ccccc1. The molecule has 0 aliphatic heterocycles. The van der Waals surface area contributed by atoms with Crippen LogP contribution in [0.5, 0.6) is 0 Å². The summed E-state index contributed by atoms with van der Waals surface area (Å²) in [5, 5.41) is 0. The highest BCUT2D eigenvalue weighted by atomic mass is 16.5. The zero-order valence-corrected chi connectivity index (χ0v) is 11.6. The van der Waals surface area contributed by atoms with Crippen LogP contribution in [0.25, 0.3) is 0 Å². The summed E-state index contributed by atoms with van der Waals surface area (Å²) in [6, 6.07) is 18.5. The Morgan fingerprint density at radius 2 is 1.75 bits per heavy atom. The molecule has 2 nitrogen and oxygen atoms in total. The minimum atomic E-state index is -0.188. The summed E-state index contributed by atoms with van der Waals surface area (Å²) in [5.74, 6) is -0.114. The maximum Gasteiger partial charge on any atom is 0.313 e. The lowest BCUT2D eigenvalue weighted by molar-refractivity contribution is -0.143. The largest absolute Gasteiger partial charge is 0.469 e. The molecule has 1 aliphatic rings. The molecule has 2 aromatic rings. The molecule has 0 bridgehead atoms. The highest BCUT2D eigenvalue weighted by Crippen LogP contribution is 2.42. The summed E-state index contributed by atoms with van der Waals surface area (Å²) < 4.78 is 5.06. The van der Waals surface area contributed by atoms with Crippen LogP contribution >= 0.6 is 0 Å². The van der Waals surface area contributed by atoms with Crippen molar-refractivity contribution >= 4 is 5.97 Å². The third-order valence-electron chi connectivity index (χ3n) is 4.20. The molecule has 20 heavy (non-hydrogen) atoms. The van der Waals surface area contributed by atoms with Crippen molar-refractivity contribution in [1.82, 2.24) is 0 Å². The summed E-state index contributed by atoms with van der Waals surface area (Å²) in [5.41, 5.74) is 3.62. The van der Waals surface area contributed by atoms with Gasteiger partial charge < -0.3 is 4.74 Å². The maximum absolute atomic E-state index is 12.3. The van der Waals surface area contributed by atoms with Crippen molar-refractivity contribution < 1.29 is 9.53 Å². The van der Waals surface area contributed by atoms with Gasteiger partial charge in [0.1, 0.15) is 0 Å². The van der Waals surface area contributed by atoms with E-state index in [2.05, 4.69) is 24.3 Å². The fourth-order valence-electron chi connectivity index (χ4n) is 3.24. The van der Waals surface area contributed by atoms with Gasteiger partial charge in [-0.1, -0.05) is 54.6 Å². The van der Waals surface area contributed by atoms with Crippen molar-refractivity contribution in [2.45, 2.75) is 24.7 Å². The molecule has 2 heteroatoms. The van der Waals surface area contributed by atoms with E-state index in [9.17, 15) is 4.79 Å². The van der Waals surface area contributed by atoms with Crippen molar-refractivity contribution in [1.29, 1.82) is 0 Å². The van der Waals surface area contributed by atoms with Crippen molar-refractivity contribution in [3.8, 4) is 0 Å². The monoisotopic (exact) mass is 266 g/mol. The zero-order chi connectivity index (χ0) is 13.9. The molecule has 1 aliphatic carbocycles. The van der Waals surface area contributed by atoms with Crippen LogP contribution in [-0.2, 0) is 16.0 Å². The van der Waals surface area contributed by atoms with Crippen LogP contribution in [0.2, 0.25) is 0 Å². The molecule has 2 atom stereocenters. The molecule has 0 radical (unpaired) electrons. The number of hydrogen-bond donors (Lipinski definition) is 0. The molecule has 0 amide bonds. The third kappa shape index (κ3) is 2.22. The summed E-state index contributed by atoms with van der Waals surface area (Å²) in [6.07, 6.45) is 2.00. The number of aryl methyl sites for hydroxylation is 1. The first-order chi connectivity index (χ1) is 9.81. The first kappa shape index (κ1) is 12.9. The quantitative estimate of drug-likeness (QED) is 0.775. The van der Waals surface area contributed by atoms with Gasteiger partial charge in [0.15, 0.2) is 0 Å². The summed E-state index contributed by atoms with van der Waals surface area (Å²) in [4.78, 5) is 12.3. The van der Waals surface area contributed by atoms with Gasteiger partial charge in [0.05, 0.1) is 13.0 Å². The van der Waals surface area contributed by atoms with Gasteiger partial charge in [0.2, 0.25) is 0 Å². The second-order valence-corrected chi connectivity index (χ2v) is 5.26. The number of ether oxygens (including phenoxy) is 1. The first-order valence-corrected chi connectivity index (χ1v) is 7.02. The van der Waals surface area contributed by atoms with Crippen LogP contribution in [0.1, 0.15) is 34.9 Å². The summed E-state index contributed by atoms with van der Waals surface area (Å²) in [7, 11) is 1.47. The van der Waals surface area contributed by atoms with Gasteiger partial charge in [0.25, 0.3) is 0 Å². The van der Waals surface area contributed by atoms with Crippen LogP contribution in [-0.4, -0.2) is 13.1 Å². The van der Waals surface area contributed by atoms with E-state index in [1.54, 1.807) is 0 Å². The third-order valence-corrected chi connectivity index (χ3v) is 4.20. The van der Waals surface area contributed by atoms with Gasteiger partial charge in [0, 0.05) is 5.92 Å². The average Bonchev–Trinajstić information content (AvgIpc) is 2.54. The lowest BCUT2D eigenvalue weighted by atomic mass is 9.72. The number of carbonyl (C=O) groups is 1. The number of hydrogen-bond acceptors (Lipinski definition) is 2. The number of benzene rings is 2. The second kappa shape index (κ2) is 5.49. The summed E-state index contributed by atoms with van der Waals surface area (Å²) in [6.45, 7) is 0. The second-order valence-electron chi connectivity index (χ2n) is 5.26. The molecule has 0 unspecified atom stereocenters. The van der Waals surface area contributed by atoms with Gasteiger partial charge >= 0.3 is 5.97 Å². The number of carbonyl (C=O) groups excluding carboxylic acids is 1. The van der Waals surface area contributed by atoms with Crippen LogP contribution in [0.4, 0.5) is 0 Å². The Hall–Kier alpha value is -2.09. The van der Waals surface area contributed by atoms with Gasteiger partial charge in [-0.2, -0.15) is 0 Å². The van der Waals surface area contributed by atoms with Crippen molar-refractivity contribution in [3.63, 3.8) is 0 Å². The first-order valence-electron chi connectivity index (χ1n) is 7.02. The fourth-order valence-corrected chi connectivity index (χ4v) is 3.24. The molecular weight excluding hydrogens is 248 g/mol. The van der Waals surface area contributed by atoms with E-state index in [0.29, 0.717) is 0 Å². The molecular formula is C18H18O2. The number of rotatable bonds is 2. The van der Waals surface area contributed by atoms with Crippen LogP contribution in [0.3, 0.4) is 0 Å². The highest BCUT2D eigenvalue weighted by Gasteiger charge is 2.36. The van der Waals surface area contributed by atoms with Crippen LogP contribution in [0.15, 0.2) is 54.6 Å². The Kier molecular flexibility index (Phi) is 3.55. The Balaban J connectivity index is 2.06. The number of fused-ring (bicyclic) bond motifs is 1. The highest BCUT2D eigenvalue weighted by molar-refractivity contribution is 5.80. The minimum Gasteiger partial charge on any atom is -0.469 e. The minimum absolute atomic E-state index is 0.133. The molecule has 102 valence electrons. The predicted molar refractivity (Wildman–Crippen MR) is 78.7 cm³/mol. The fraction of sp³-hybridized carbons (Fsp3) is 0.278. The Bertz CT molecular complexity index is 604. The van der Waals surface area contributed by atoms with Gasteiger partial charge in [-0.05, 0) is 29.5 Å². The van der Waals surface area contributed by atoms with Gasteiger partial charge in [-0.3, -0.25) is 4.79 Å². The normalized spacial score (nSPS) is 21.1. The molecule has 0 fully saturated rings. The van der Waals surface area contributed by atoms with Crippen LogP contribution < -0.4 is 0 Å². The Morgan fingerprint density at radius 1 is 1.05 bits per heavy atom. The molecule has 0 saturated carbocycles. The lowest BCUT2D eigenvalue weighted by Crippen LogP contribution is -2.27. The topological polar surface area (TPSA) is 26.3 Å². The molecule has 3 rings (SSSR count). The molecule has 0 N–H and O–H groups in total. The summed E-state index contributed by atoms with van der Waals surface area (Å²) >= 11 is 0.